The summed E-state index contributed by atoms with van der Waals surface area (Å²) in [6, 6.07) is 7.99. The zero-order valence-corrected chi connectivity index (χ0v) is 10.8. The molecule has 1 saturated heterocycles. The summed E-state index contributed by atoms with van der Waals surface area (Å²) >= 11 is 1.61. The minimum absolute atomic E-state index is 0.100. The highest BCUT2D eigenvalue weighted by atomic mass is 32.1. The Balaban J connectivity index is 1.89. The minimum Gasteiger partial charge on any atom is -0.396 e. The van der Waals surface area contributed by atoms with E-state index in [2.05, 4.69) is 0 Å². The molecule has 18 heavy (non-hydrogen) atoms. The maximum Gasteiger partial charge on any atom is 0.255 e. The average Bonchev–Trinajstić information content (AvgIpc) is 3.04. The number of aliphatic hydroxyl groups is 1. The van der Waals surface area contributed by atoms with Gasteiger partial charge in [-0.15, -0.1) is 11.3 Å². The highest BCUT2D eigenvalue weighted by Crippen LogP contribution is 2.28. The number of hydrogen-bond acceptors (Lipinski definition) is 3. The van der Waals surface area contributed by atoms with E-state index in [4.69, 9.17) is 5.11 Å². The summed E-state index contributed by atoms with van der Waals surface area (Å²) in [5.41, 5.74) is 0.800. The molecule has 1 aromatic heterocycles. The lowest BCUT2D eigenvalue weighted by Crippen LogP contribution is -2.28. The fourth-order valence-corrected chi connectivity index (χ4v) is 3.41. The van der Waals surface area contributed by atoms with Crippen molar-refractivity contribution in [3.05, 3.63) is 35.2 Å². The van der Waals surface area contributed by atoms with Gasteiger partial charge in [0.05, 0.1) is 5.56 Å². The molecular formula is C14H15NO2S. The molecular weight excluding hydrogens is 246 g/mol. The Morgan fingerprint density at radius 1 is 1.44 bits per heavy atom. The SMILES string of the molecule is O=C(c1csc2ccccc12)N1CCC(CO)C1. The number of hydrogen-bond donors (Lipinski definition) is 1. The van der Waals surface area contributed by atoms with Gasteiger partial charge >= 0.3 is 0 Å². The Labute approximate surface area is 110 Å². The Morgan fingerprint density at radius 3 is 3.06 bits per heavy atom. The molecule has 0 bridgehead atoms. The maximum atomic E-state index is 12.4. The monoisotopic (exact) mass is 261 g/mol. The zero-order valence-electron chi connectivity index (χ0n) is 10.0. The number of benzene rings is 1. The molecule has 1 amide bonds. The molecule has 1 aromatic carbocycles. The van der Waals surface area contributed by atoms with Gasteiger partial charge in [-0.25, -0.2) is 0 Å². The van der Waals surface area contributed by atoms with Crippen LogP contribution >= 0.6 is 11.3 Å². The standard InChI is InChI=1S/C14H15NO2S/c16-8-10-5-6-15(7-10)14(17)12-9-18-13-4-2-1-3-11(12)13/h1-4,9-10,16H,5-8H2. The predicted molar refractivity (Wildman–Crippen MR) is 72.9 cm³/mol. The van der Waals surface area contributed by atoms with Gasteiger partial charge in [-0.05, 0) is 12.5 Å². The van der Waals surface area contributed by atoms with Crippen molar-refractivity contribution in [2.24, 2.45) is 5.92 Å². The lowest BCUT2D eigenvalue weighted by atomic mass is 10.1. The van der Waals surface area contributed by atoms with Crippen LogP contribution in [0.1, 0.15) is 16.8 Å². The molecule has 4 heteroatoms. The van der Waals surface area contributed by atoms with E-state index < -0.39 is 0 Å². The molecule has 3 nitrogen and oxygen atoms in total. The number of thiophene rings is 1. The first-order chi connectivity index (χ1) is 8.79. The van der Waals surface area contributed by atoms with E-state index in [-0.39, 0.29) is 18.4 Å². The topological polar surface area (TPSA) is 40.5 Å². The molecule has 0 saturated carbocycles. The zero-order chi connectivity index (χ0) is 12.5. The van der Waals surface area contributed by atoms with E-state index in [1.54, 1.807) is 11.3 Å². The second-order valence-electron chi connectivity index (χ2n) is 4.73. The molecule has 0 spiro atoms. The van der Waals surface area contributed by atoms with Gasteiger partial charge in [0.2, 0.25) is 0 Å². The van der Waals surface area contributed by atoms with Gasteiger partial charge in [0.15, 0.2) is 0 Å². The molecule has 2 heterocycles. The number of rotatable bonds is 2. The van der Waals surface area contributed by atoms with E-state index >= 15 is 0 Å². The number of carbonyl (C=O) groups is 1. The largest absolute Gasteiger partial charge is 0.396 e. The van der Waals surface area contributed by atoms with Gasteiger partial charge in [0.1, 0.15) is 0 Å². The number of aliphatic hydroxyl groups excluding tert-OH is 1. The molecule has 1 atom stereocenters. The molecule has 1 unspecified atom stereocenters. The molecule has 0 aliphatic carbocycles. The second kappa shape index (κ2) is 4.71. The van der Waals surface area contributed by atoms with Crippen molar-refractivity contribution >= 4 is 27.3 Å². The number of amides is 1. The van der Waals surface area contributed by atoms with Crippen LogP contribution in [-0.4, -0.2) is 35.6 Å². The van der Waals surface area contributed by atoms with Crippen molar-refractivity contribution in [3.8, 4) is 0 Å². The van der Waals surface area contributed by atoms with E-state index in [1.807, 2.05) is 34.5 Å². The summed E-state index contributed by atoms with van der Waals surface area (Å²) in [7, 11) is 0. The molecule has 1 aliphatic rings. The minimum atomic E-state index is 0.100. The lowest BCUT2D eigenvalue weighted by molar-refractivity contribution is 0.0784. The average molecular weight is 261 g/mol. The van der Waals surface area contributed by atoms with Crippen molar-refractivity contribution in [1.82, 2.24) is 4.90 Å². The van der Waals surface area contributed by atoms with Gasteiger partial charge in [0.25, 0.3) is 5.91 Å². The molecule has 1 N–H and O–H groups in total. The van der Waals surface area contributed by atoms with Crippen molar-refractivity contribution < 1.29 is 9.90 Å². The summed E-state index contributed by atoms with van der Waals surface area (Å²) < 4.78 is 1.15. The third-order valence-corrected chi connectivity index (χ3v) is 4.51. The van der Waals surface area contributed by atoms with Crippen LogP contribution in [0, 0.1) is 5.92 Å². The normalized spacial score (nSPS) is 19.6. The van der Waals surface area contributed by atoms with Crippen molar-refractivity contribution in [2.75, 3.05) is 19.7 Å². The van der Waals surface area contributed by atoms with Crippen molar-refractivity contribution in [3.63, 3.8) is 0 Å². The van der Waals surface area contributed by atoms with Crippen molar-refractivity contribution in [2.45, 2.75) is 6.42 Å². The summed E-state index contributed by atoms with van der Waals surface area (Å²) in [5.74, 6) is 0.349. The first-order valence-electron chi connectivity index (χ1n) is 6.16. The summed E-state index contributed by atoms with van der Waals surface area (Å²) in [6.07, 6.45) is 0.907. The fourth-order valence-electron chi connectivity index (χ4n) is 2.48. The predicted octanol–water partition coefficient (Wildman–Crippen LogP) is 2.36. The van der Waals surface area contributed by atoms with E-state index in [0.29, 0.717) is 6.54 Å². The smallest absolute Gasteiger partial charge is 0.255 e. The molecule has 2 aromatic rings. The lowest BCUT2D eigenvalue weighted by Gasteiger charge is -2.15. The molecule has 1 aliphatic heterocycles. The summed E-state index contributed by atoms with van der Waals surface area (Å²) in [4.78, 5) is 14.3. The molecule has 1 fully saturated rings. The fraction of sp³-hybridized carbons (Fsp3) is 0.357. The van der Waals surface area contributed by atoms with E-state index in [1.165, 1.54) is 0 Å². The Bertz CT molecular complexity index is 578. The van der Waals surface area contributed by atoms with Gasteiger partial charge < -0.3 is 10.0 Å². The first kappa shape index (κ1) is 11.7. The Morgan fingerprint density at radius 2 is 2.28 bits per heavy atom. The molecule has 94 valence electrons. The van der Waals surface area contributed by atoms with Crippen LogP contribution in [-0.2, 0) is 0 Å². The van der Waals surface area contributed by atoms with Gasteiger partial charge in [0, 0.05) is 41.1 Å². The second-order valence-corrected chi connectivity index (χ2v) is 5.65. The van der Waals surface area contributed by atoms with Crippen LogP contribution < -0.4 is 0 Å². The number of carbonyl (C=O) groups excluding carboxylic acids is 1. The molecule has 0 radical (unpaired) electrons. The Kier molecular flexibility index (Phi) is 3.06. The van der Waals surface area contributed by atoms with Gasteiger partial charge in [-0.1, -0.05) is 18.2 Å². The number of likely N-dealkylation sites (tertiary alicyclic amines) is 1. The summed E-state index contributed by atoms with van der Waals surface area (Å²) in [6.45, 7) is 1.61. The number of nitrogens with zero attached hydrogens (tertiary/aromatic N) is 1. The van der Waals surface area contributed by atoms with Crippen LogP contribution in [0.4, 0.5) is 0 Å². The van der Waals surface area contributed by atoms with Crippen LogP contribution in [0.3, 0.4) is 0 Å². The van der Waals surface area contributed by atoms with Crippen molar-refractivity contribution in [1.29, 1.82) is 0 Å². The quantitative estimate of drug-likeness (QED) is 0.901. The van der Waals surface area contributed by atoms with Crippen LogP contribution in [0.15, 0.2) is 29.6 Å². The van der Waals surface area contributed by atoms with Crippen LogP contribution in [0.5, 0.6) is 0 Å². The van der Waals surface area contributed by atoms with Crippen LogP contribution in [0.25, 0.3) is 10.1 Å². The first-order valence-corrected chi connectivity index (χ1v) is 7.04. The maximum absolute atomic E-state index is 12.4. The molecule has 3 rings (SSSR count). The highest BCUT2D eigenvalue weighted by Gasteiger charge is 2.27. The number of fused-ring (bicyclic) bond motifs is 1. The highest BCUT2D eigenvalue weighted by molar-refractivity contribution is 7.17. The summed E-state index contributed by atoms with van der Waals surface area (Å²) in [5, 5.41) is 12.1. The van der Waals surface area contributed by atoms with Gasteiger partial charge in [-0.3, -0.25) is 4.79 Å². The van der Waals surface area contributed by atoms with Gasteiger partial charge in [-0.2, -0.15) is 0 Å². The third kappa shape index (κ3) is 1.91. The third-order valence-electron chi connectivity index (χ3n) is 3.54. The van der Waals surface area contributed by atoms with E-state index in [9.17, 15) is 4.79 Å². The Hall–Kier alpha value is -1.39. The van der Waals surface area contributed by atoms with Crippen LogP contribution in [0.2, 0.25) is 0 Å². The van der Waals surface area contributed by atoms with E-state index in [0.717, 1.165) is 28.6 Å².